The van der Waals surface area contributed by atoms with Crippen molar-refractivity contribution in [1.29, 1.82) is 5.26 Å². The third-order valence-electron chi connectivity index (χ3n) is 0.793. The van der Waals surface area contributed by atoms with Gasteiger partial charge in [-0.2, -0.15) is 10.4 Å². The standard InChI is InChI=1S/C4H2N2O3/c5-1-2-3(7)6-9-4(2)8/h8H,(H,6,7). The zero-order chi connectivity index (χ0) is 6.85. The highest BCUT2D eigenvalue weighted by molar-refractivity contribution is 5.31. The fraction of sp³-hybridized carbons (Fsp3) is 0. The van der Waals surface area contributed by atoms with Crippen LogP contribution in [0.2, 0.25) is 0 Å². The predicted octanol–water partition coefficient (Wildman–Crippen LogP) is -0.455. The number of aromatic amines is 1. The van der Waals surface area contributed by atoms with Crippen LogP contribution in [0.15, 0.2) is 9.32 Å². The summed E-state index contributed by atoms with van der Waals surface area (Å²) in [6, 6.07) is 1.46. The van der Waals surface area contributed by atoms with Gasteiger partial charge < -0.3 is 9.63 Å². The van der Waals surface area contributed by atoms with Gasteiger partial charge in [0, 0.05) is 0 Å². The Labute approximate surface area is 49.1 Å². The van der Waals surface area contributed by atoms with E-state index in [-0.39, 0.29) is 0 Å². The lowest BCUT2D eigenvalue weighted by Crippen LogP contribution is -2.00. The molecule has 0 saturated carbocycles. The summed E-state index contributed by atoms with van der Waals surface area (Å²) in [6.07, 6.45) is 0. The fourth-order valence-corrected chi connectivity index (χ4v) is 0.392. The summed E-state index contributed by atoms with van der Waals surface area (Å²) in [4.78, 5) is 10.3. The highest BCUT2D eigenvalue weighted by Gasteiger charge is 2.08. The zero-order valence-corrected chi connectivity index (χ0v) is 4.21. The number of H-pyrrole nitrogens is 1. The number of hydrogen-bond acceptors (Lipinski definition) is 4. The minimum Gasteiger partial charge on any atom is -0.478 e. The lowest BCUT2D eigenvalue weighted by molar-refractivity contribution is 0.275. The lowest BCUT2D eigenvalue weighted by Gasteiger charge is -1.72. The number of hydrogen-bond donors (Lipinski definition) is 2. The molecule has 2 N–H and O–H groups in total. The van der Waals surface area contributed by atoms with Gasteiger partial charge >= 0.3 is 11.5 Å². The van der Waals surface area contributed by atoms with Crippen LogP contribution >= 0.6 is 0 Å². The van der Waals surface area contributed by atoms with Crippen LogP contribution < -0.4 is 5.56 Å². The number of nitrogens with zero attached hydrogens (tertiary/aromatic N) is 1. The van der Waals surface area contributed by atoms with Crippen LogP contribution in [-0.2, 0) is 0 Å². The van der Waals surface area contributed by atoms with Crippen molar-refractivity contribution < 1.29 is 9.63 Å². The maximum Gasteiger partial charge on any atom is 0.328 e. The van der Waals surface area contributed by atoms with Crippen molar-refractivity contribution in [2.45, 2.75) is 0 Å². The number of rotatable bonds is 0. The summed E-state index contributed by atoms with van der Waals surface area (Å²) in [5.74, 6) is -0.664. The average molecular weight is 126 g/mol. The molecule has 0 amide bonds. The molecule has 0 bridgehead atoms. The summed E-state index contributed by atoms with van der Waals surface area (Å²) in [5.41, 5.74) is -1.11. The number of aromatic nitrogens is 1. The van der Waals surface area contributed by atoms with E-state index >= 15 is 0 Å². The molecule has 0 aromatic carbocycles. The van der Waals surface area contributed by atoms with E-state index in [1.165, 1.54) is 6.07 Å². The van der Waals surface area contributed by atoms with Crippen LogP contribution in [0.4, 0.5) is 0 Å². The van der Waals surface area contributed by atoms with E-state index < -0.39 is 17.1 Å². The monoisotopic (exact) mass is 126 g/mol. The highest BCUT2D eigenvalue weighted by atomic mass is 16.6. The Hall–Kier alpha value is -1.70. The zero-order valence-electron chi connectivity index (χ0n) is 4.21. The van der Waals surface area contributed by atoms with Crippen molar-refractivity contribution in [1.82, 2.24) is 5.16 Å². The normalized spacial score (nSPS) is 8.78. The van der Waals surface area contributed by atoms with Crippen LogP contribution in [0, 0.1) is 11.3 Å². The van der Waals surface area contributed by atoms with Gasteiger partial charge in [0.05, 0.1) is 0 Å². The third kappa shape index (κ3) is 0.659. The molecule has 1 heterocycles. The van der Waals surface area contributed by atoms with E-state index in [0.717, 1.165) is 0 Å². The largest absolute Gasteiger partial charge is 0.478 e. The Morgan fingerprint density at radius 1 is 1.78 bits per heavy atom. The van der Waals surface area contributed by atoms with Crippen LogP contribution in [-0.4, -0.2) is 10.3 Å². The van der Waals surface area contributed by atoms with Crippen molar-refractivity contribution in [2.75, 3.05) is 0 Å². The summed E-state index contributed by atoms with van der Waals surface area (Å²) >= 11 is 0. The first-order valence-electron chi connectivity index (χ1n) is 2.06. The van der Waals surface area contributed by atoms with Crippen molar-refractivity contribution in [3.8, 4) is 12.0 Å². The average Bonchev–Trinajstić information content (AvgIpc) is 2.12. The van der Waals surface area contributed by atoms with E-state index in [4.69, 9.17) is 10.4 Å². The molecule has 1 aromatic heterocycles. The second kappa shape index (κ2) is 1.67. The van der Waals surface area contributed by atoms with Gasteiger partial charge in [-0.3, -0.25) is 4.79 Å². The molecule has 1 aromatic rings. The number of nitriles is 1. The summed E-state index contributed by atoms with van der Waals surface area (Å²) in [5, 5.41) is 18.4. The number of aromatic hydroxyl groups is 1. The highest BCUT2D eigenvalue weighted by Crippen LogP contribution is 2.07. The Bertz CT molecular complexity index is 302. The van der Waals surface area contributed by atoms with Gasteiger partial charge in [-0.1, -0.05) is 0 Å². The van der Waals surface area contributed by atoms with Crippen molar-refractivity contribution in [2.24, 2.45) is 0 Å². The van der Waals surface area contributed by atoms with Gasteiger partial charge in [0.25, 0.3) is 0 Å². The Kier molecular flexibility index (Phi) is 1.01. The fourth-order valence-electron chi connectivity index (χ4n) is 0.392. The topological polar surface area (TPSA) is 90.0 Å². The van der Waals surface area contributed by atoms with Crippen LogP contribution in [0.5, 0.6) is 5.95 Å². The predicted molar refractivity (Wildman–Crippen MR) is 25.7 cm³/mol. The SMILES string of the molecule is N#Cc1c(O)o[nH]c1=O. The Balaban J connectivity index is 3.46. The molecule has 0 fully saturated rings. The van der Waals surface area contributed by atoms with E-state index in [0.29, 0.717) is 0 Å². The maximum absolute atomic E-state index is 10.3. The van der Waals surface area contributed by atoms with Crippen LogP contribution in [0.1, 0.15) is 5.56 Å². The molecule has 46 valence electrons. The molecule has 0 spiro atoms. The van der Waals surface area contributed by atoms with Crippen LogP contribution in [0.3, 0.4) is 0 Å². The summed E-state index contributed by atoms with van der Waals surface area (Å²) in [6.45, 7) is 0. The molecule has 0 unspecified atom stereocenters. The smallest absolute Gasteiger partial charge is 0.328 e. The first kappa shape index (κ1) is 5.44. The second-order valence-electron chi connectivity index (χ2n) is 1.33. The van der Waals surface area contributed by atoms with Crippen molar-refractivity contribution in [3.05, 3.63) is 15.9 Å². The quantitative estimate of drug-likeness (QED) is 0.492. The molecular formula is C4H2N2O3. The van der Waals surface area contributed by atoms with Gasteiger partial charge in [-0.05, 0) is 0 Å². The first-order valence-corrected chi connectivity index (χ1v) is 2.06. The molecule has 5 nitrogen and oxygen atoms in total. The lowest BCUT2D eigenvalue weighted by atomic mass is 10.4. The van der Waals surface area contributed by atoms with Gasteiger partial charge in [0.1, 0.15) is 6.07 Å². The molecule has 5 heteroatoms. The summed E-state index contributed by atoms with van der Waals surface area (Å²) in [7, 11) is 0. The van der Waals surface area contributed by atoms with Crippen molar-refractivity contribution >= 4 is 0 Å². The van der Waals surface area contributed by atoms with E-state index in [1.54, 1.807) is 5.16 Å². The molecule has 0 saturated heterocycles. The Morgan fingerprint density at radius 2 is 2.44 bits per heavy atom. The van der Waals surface area contributed by atoms with E-state index in [9.17, 15) is 4.79 Å². The molecule has 9 heavy (non-hydrogen) atoms. The van der Waals surface area contributed by atoms with Crippen molar-refractivity contribution in [3.63, 3.8) is 0 Å². The molecule has 1 rings (SSSR count). The molecule has 0 aliphatic carbocycles. The molecule has 0 atom stereocenters. The molecule has 0 radical (unpaired) electrons. The molecular weight excluding hydrogens is 124 g/mol. The first-order chi connectivity index (χ1) is 4.25. The second-order valence-corrected chi connectivity index (χ2v) is 1.33. The minimum atomic E-state index is -0.713. The van der Waals surface area contributed by atoms with E-state index in [1.807, 2.05) is 0 Å². The molecule has 0 aliphatic heterocycles. The van der Waals surface area contributed by atoms with E-state index in [2.05, 4.69) is 4.52 Å². The third-order valence-corrected chi connectivity index (χ3v) is 0.793. The number of nitrogens with one attached hydrogen (secondary N) is 1. The molecule has 0 aliphatic rings. The van der Waals surface area contributed by atoms with Gasteiger partial charge in [-0.25, -0.2) is 0 Å². The van der Waals surface area contributed by atoms with Crippen LogP contribution in [0.25, 0.3) is 0 Å². The van der Waals surface area contributed by atoms with Gasteiger partial charge in [0.15, 0.2) is 0 Å². The Morgan fingerprint density at radius 3 is 2.67 bits per heavy atom. The van der Waals surface area contributed by atoms with Gasteiger partial charge in [-0.15, -0.1) is 0 Å². The maximum atomic E-state index is 10.3. The minimum absolute atomic E-state index is 0.394. The van der Waals surface area contributed by atoms with Gasteiger partial charge in [0.2, 0.25) is 5.56 Å². The summed E-state index contributed by atoms with van der Waals surface area (Å²) < 4.78 is 4.08.